The van der Waals surface area contributed by atoms with Gasteiger partial charge in [0.25, 0.3) is 5.69 Å². The van der Waals surface area contributed by atoms with Crippen LogP contribution < -0.4 is 0 Å². The molecule has 0 spiro atoms. The minimum atomic E-state index is -0.785. The summed E-state index contributed by atoms with van der Waals surface area (Å²) in [7, 11) is 3.05. The maximum absolute atomic E-state index is 12.8. The van der Waals surface area contributed by atoms with Gasteiger partial charge in [0.05, 0.1) is 17.7 Å². The molecular weight excluding hydrogens is 455 g/mol. The second-order valence-corrected chi connectivity index (χ2v) is 8.32. The van der Waals surface area contributed by atoms with Crippen LogP contribution in [0.1, 0.15) is 24.0 Å². The lowest BCUT2D eigenvalue weighted by Crippen LogP contribution is -2.33. The molecule has 164 valence electrons. The van der Waals surface area contributed by atoms with Crippen LogP contribution in [0.25, 0.3) is 11.3 Å². The highest BCUT2D eigenvalue weighted by Crippen LogP contribution is 2.48. The highest BCUT2D eigenvalue weighted by Gasteiger charge is 2.42. The van der Waals surface area contributed by atoms with Crippen LogP contribution in [0, 0.1) is 16.0 Å². The third kappa shape index (κ3) is 3.76. The fourth-order valence-electron chi connectivity index (χ4n) is 4.12. The monoisotopic (exact) mass is 472 g/mol. The van der Waals surface area contributed by atoms with Crippen LogP contribution in [0.4, 0.5) is 11.5 Å². The number of aromatic nitrogens is 2. The van der Waals surface area contributed by atoms with Crippen LogP contribution in [-0.4, -0.2) is 33.5 Å². The summed E-state index contributed by atoms with van der Waals surface area (Å²) in [6.45, 7) is 1.73. The number of halogens is 2. The van der Waals surface area contributed by atoms with Gasteiger partial charge in [-0.15, -0.1) is 0 Å². The molecule has 4 rings (SSSR count). The van der Waals surface area contributed by atoms with E-state index in [9.17, 15) is 14.9 Å². The van der Waals surface area contributed by atoms with E-state index in [0.717, 1.165) is 0 Å². The fraction of sp³-hybridized carbons (Fsp3) is 0.227. The number of aryl methyl sites for hydroxylation is 1. The minimum absolute atomic E-state index is 0.0796. The number of rotatable bonds is 4. The summed E-state index contributed by atoms with van der Waals surface area (Å²) < 4.78 is 6.68. The van der Waals surface area contributed by atoms with Crippen molar-refractivity contribution in [3.63, 3.8) is 0 Å². The zero-order chi connectivity index (χ0) is 23.2. The summed E-state index contributed by atoms with van der Waals surface area (Å²) in [5.74, 6) is -1.35. The minimum Gasteiger partial charge on any atom is -0.468 e. The van der Waals surface area contributed by atoms with E-state index in [1.54, 1.807) is 49.0 Å². The summed E-state index contributed by atoms with van der Waals surface area (Å²) in [6.07, 6.45) is 0. The molecule has 0 N–H and O–H groups in total. The van der Waals surface area contributed by atoms with Crippen molar-refractivity contribution in [1.29, 1.82) is 0 Å². The molecule has 1 aromatic heterocycles. The Labute approximate surface area is 193 Å². The van der Waals surface area contributed by atoms with Gasteiger partial charge in [-0.3, -0.25) is 19.6 Å². The highest BCUT2D eigenvalue weighted by atomic mass is 35.5. The van der Waals surface area contributed by atoms with E-state index in [4.69, 9.17) is 27.9 Å². The number of fused-ring (bicyclic) bond motifs is 1. The number of hydrogen-bond acceptors (Lipinski definition) is 6. The molecule has 0 amide bonds. The van der Waals surface area contributed by atoms with Gasteiger partial charge in [-0.1, -0.05) is 35.3 Å². The van der Waals surface area contributed by atoms with Crippen molar-refractivity contribution in [1.82, 2.24) is 9.78 Å². The van der Waals surface area contributed by atoms with E-state index in [1.165, 1.54) is 19.2 Å². The molecule has 0 radical (unpaired) electrons. The van der Waals surface area contributed by atoms with Crippen LogP contribution in [-0.2, 0) is 16.6 Å². The second-order valence-electron chi connectivity index (χ2n) is 7.45. The number of carbonyl (C=O) groups is 1. The number of aliphatic imine (C=N–C) groups is 1. The van der Waals surface area contributed by atoms with Crippen LogP contribution >= 0.6 is 23.2 Å². The van der Waals surface area contributed by atoms with Gasteiger partial charge in [0, 0.05) is 52.0 Å². The van der Waals surface area contributed by atoms with Crippen LogP contribution in [0.5, 0.6) is 0 Å². The smallest absolute Gasteiger partial charge is 0.315 e. The standard InChI is InChI=1S/C22H18Cl2N4O4/c1-11-17(22(29)32-3)18(12-5-4-6-16(9-12)28(30)31)19-20(26-27(2)21(19)25-11)13-7-14(23)10-15(24)8-13/h4-10,17-18H,1-3H3. The van der Waals surface area contributed by atoms with Gasteiger partial charge < -0.3 is 4.74 Å². The number of benzene rings is 2. The van der Waals surface area contributed by atoms with Crippen molar-refractivity contribution in [3.05, 3.63) is 73.8 Å². The first-order valence-corrected chi connectivity index (χ1v) is 10.4. The Morgan fingerprint density at radius 2 is 1.88 bits per heavy atom. The van der Waals surface area contributed by atoms with Crippen molar-refractivity contribution in [3.8, 4) is 11.3 Å². The van der Waals surface area contributed by atoms with E-state index < -0.39 is 22.7 Å². The summed E-state index contributed by atoms with van der Waals surface area (Å²) in [6, 6.07) is 11.3. The number of ether oxygens (including phenoxy) is 1. The summed E-state index contributed by atoms with van der Waals surface area (Å²) in [4.78, 5) is 28.4. The SMILES string of the molecule is COC(=O)C1C(C)=Nc2c(c(-c3cc(Cl)cc(Cl)c3)nn2C)C1c1cccc([N+](=O)[O-])c1. The fourth-order valence-corrected chi connectivity index (χ4v) is 4.65. The first kappa shape index (κ1) is 22.0. The van der Waals surface area contributed by atoms with Crippen molar-refractivity contribution in [2.24, 2.45) is 18.0 Å². The molecule has 1 aliphatic rings. The molecule has 10 heteroatoms. The number of hydrogen-bond donors (Lipinski definition) is 0. The summed E-state index contributed by atoms with van der Waals surface area (Å²) in [5.41, 5.74) is 2.85. The molecule has 0 aliphatic carbocycles. The van der Waals surface area contributed by atoms with Crippen molar-refractivity contribution in [2.45, 2.75) is 12.8 Å². The van der Waals surface area contributed by atoms with Gasteiger partial charge in [0.15, 0.2) is 5.82 Å². The third-order valence-electron chi connectivity index (χ3n) is 5.46. The molecule has 2 unspecified atom stereocenters. The first-order valence-electron chi connectivity index (χ1n) is 9.62. The number of nitrogens with zero attached hydrogens (tertiary/aromatic N) is 4. The van der Waals surface area contributed by atoms with Crippen LogP contribution in [0.2, 0.25) is 10.0 Å². The molecule has 0 bridgehead atoms. The number of carbonyl (C=O) groups excluding carboxylic acids is 1. The quantitative estimate of drug-likeness (QED) is 0.290. The Morgan fingerprint density at radius 3 is 2.50 bits per heavy atom. The zero-order valence-corrected chi connectivity index (χ0v) is 18.9. The zero-order valence-electron chi connectivity index (χ0n) is 17.4. The average molecular weight is 473 g/mol. The second kappa shape index (κ2) is 8.37. The number of esters is 1. The Morgan fingerprint density at radius 1 is 1.19 bits per heavy atom. The molecule has 8 nitrogen and oxygen atoms in total. The van der Waals surface area contributed by atoms with Gasteiger partial charge in [0.2, 0.25) is 0 Å². The number of nitro benzene ring substituents is 1. The molecule has 0 fully saturated rings. The van der Waals surface area contributed by atoms with E-state index in [1.807, 2.05) is 0 Å². The van der Waals surface area contributed by atoms with E-state index in [-0.39, 0.29) is 5.69 Å². The normalized spacial score (nSPS) is 17.5. The lowest BCUT2D eigenvalue weighted by atomic mass is 9.75. The molecule has 32 heavy (non-hydrogen) atoms. The van der Waals surface area contributed by atoms with Gasteiger partial charge in [0.1, 0.15) is 5.92 Å². The molecular formula is C22H18Cl2N4O4. The Hall–Kier alpha value is -3.23. The Kier molecular flexibility index (Phi) is 5.75. The maximum atomic E-state index is 12.8. The lowest BCUT2D eigenvalue weighted by molar-refractivity contribution is -0.384. The predicted octanol–water partition coefficient (Wildman–Crippen LogP) is 5.33. The molecule has 2 aromatic carbocycles. The molecule has 1 aliphatic heterocycles. The van der Waals surface area contributed by atoms with Crippen LogP contribution in [0.15, 0.2) is 47.5 Å². The summed E-state index contributed by atoms with van der Waals surface area (Å²) in [5, 5.41) is 16.9. The van der Waals surface area contributed by atoms with E-state index in [2.05, 4.69) is 10.1 Å². The van der Waals surface area contributed by atoms with Gasteiger partial charge in [-0.05, 0) is 30.7 Å². The van der Waals surface area contributed by atoms with Crippen LogP contribution in [0.3, 0.4) is 0 Å². The Balaban J connectivity index is 2.03. The molecule has 0 saturated heterocycles. The summed E-state index contributed by atoms with van der Waals surface area (Å²) >= 11 is 12.5. The topological polar surface area (TPSA) is 99.6 Å². The van der Waals surface area contributed by atoms with Crippen molar-refractivity contribution < 1.29 is 14.5 Å². The third-order valence-corrected chi connectivity index (χ3v) is 5.90. The van der Waals surface area contributed by atoms with Crippen molar-refractivity contribution in [2.75, 3.05) is 7.11 Å². The van der Waals surface area contributed by atoms with Gasteiger partial charge >= 0.3 is 5.97 Å². The molecule has 0 saturated carbocycles. The largest absolute Gasteiger partial charge is 0.468 e. The predicted molar refractivity (Wildman–Crippen MR) is 122 cm³/mol. The molecule has 2 heterocycles. The van der Waals surface area contributed by atoms with E-state index in [0.29, 0.717) is 44.0 Å². The number of nitro groups is 1. The average Bonchev–Trinajstić information content (AvgIpc) is 3.07. The lowest BCUT2D eigenvalue weighted by Gasteiger charge is -2.29. The number of non-ortho nitro benzene ring substituents is 1. The van der Waals surface area contributed by atoms with Gasteiger partial charge in [-0.25, -0.2) is 4.99 Å². The number of methoxy groups -OCH3 is 1. The van der Waals surface area contributed by atoms with E-state index >= 15 is 0 Å². The molecule has 2 atom stereocenters. The maximum Gasteiger partial charge on any atom is 0.315 e. The Bertz CT molecular complexity index is 1260. The first-order chi connectivity index (χ1) is 15.2. The highest BCUT2D eigenvalue weighted by molar-refractivity contribution is 6.35. The molecule has 3 aromatic rings. The van der Waals surface area contributed by atoms with Gasteiger partial charge in [-0.2, -0.15) is 5.10 Å². The van der Waals surface area contributed by atoms with Crippen molar-refractivity contribution >= 4 is 46.4 Å².